The van der Waals surface area contributed by atoms with Gasteiger partial charge in [0.25, 0.3) is 5.56 Å². The summed E-state index contributed by atoms with van der Waals surface area (Å²) in [5, 5.41) is 5.93. The molecular weight excluding hydrogens is 378 g/mol. The molecule has 0 spiro atoms. The maximum Gasteiger partial charge on any atom is 0.258 e. The quantitative estimate of drug-likeness (QED) is 0.655. The van der Waals surface area contributed by atoms with Crippen LogP contribution in [0, 0.1) is 0 Å². The van der Waals surface area contributed by atoms with Gasteiger partial charge in [0.15, 0.2) is 5.13 Å². The molecule has 4 rings (SSSR count). The molecule has 8 nitrogen and oxygen atoms in total. The number of ether oxygens (including phenoxy) is 1. The van der Waals surface area contributed by atoms with Crippen LogP contribution in [0.4, 0.5) is 5.13 Å². The van der Waals surface area contributed by atoms with E-state index in [0.717, 1.165) is 38.5 Å². The van der Waals surface area contributed by atoms with Gasteiger partial charge in [0.05, 0.1) is 29.8 Å². The lowest BCUT2D eigenvalue weighted by Crippen LogP contribution is -2.35. The first-order valence-electron chi connectivity index (χ1n) is 9.20. The first kappa shape index (κ1) is 18.7. The van der Waals surface area contributed by atoms with E-state index >= 15 is 0 Å². The maximum atomic E-state index is 12.2. The molecule has 9 heteroatoms. The third-order valence-electron chi connectivity index (χ3n) is 4.54. The van der Waals surface area contributed by atoms with Crippen LogP contribution in [0.5, 0.6) is 0 Å². The molecule has 1 aromatic carbocycles. The van der Waals surface area contributed by atoms with Gasteiger partial charge in [-0.3, -0.25) is 14.5 Å². The van der Waals surface area contributed by atoms with Crippen LogP contribution in [-0.2, 0) is 22.5 Å². The number of aromatic amines is 1. The normalized spacial score (nSPS) is 15.0. The molecule has 2 aromatic heterocycles. The van der Waals surface area contributed by atoms with Crippen LogP contribution in [-0.4, -0.2) is 52.1 Å². The summed E-state index contributed by atoms with van der Waals surface area (Å²) in [6.45, 7) is 4.06. The summed E-state index contributed by atoms with van der Waals surface area (Å²) in [6.07, 6.45) is 0.581. The number of hydrogen-bond donors (Lipinski definition) is 2. The standard InChI is InChI=1S/C19H21N5O3S/c25-17(6-5-16-21-15-4-2-1-3-14(15)18(26)22-16)23-19-20-13(12-28-19)11-24-7-9-27-10-8-24/h1-4,12H,5-11H2,(H,20,23,25)(H,21,22,26). The molecule has 1 aliphatic heterocycles. The minimum Gasteiger partial charge on any atom is -0.379 e. The molecule has 2 N–H and O–H groups in total. The largest absolute Gasteiger partial charge is 0.379 e. The van der Waals surface area contributed by atoms with Crippen molar-refractivity contribution in [3.8, 4) is 0 Å². The van der Waals surface area contributed by atoms with E-state index in [0.29, 0.717) is 28.3 Å². The van der Waals surface area contributed by atoms with Gasteiger partial charge in [-0.25, -0.2) is 9.97 Å². The highest BCUT2D eigenvalue weighted by molar-refractivity contribution is 7.13. The van der Waals surface area contributed by atoms with Crippen molar-refractivity contribution < 1.29 is 9.53 Å². The molecule has 1 aliphatic rings. The van der Waals surface area contributed by atoms with Crippen LogP contribution in [0.25, 0.3) is 10.9 Å². The Hall–Kier alpha value is -2.62. The van der Waals surface area contributed by atoms with Gasteiger partial charge in [-0.05, 0) is 12.1 Å². The number of aromatic nitrogens is 3. The van der Waals surface area contributed by atoms with Crippen LogP contribution < -0.4 is 10.9 Å². The molecule has 3 aromatic rings. The van der Waals surface area contributed by atoms with Crippen LogP contribution in [0.3, 0.4) is 0 Å². The van der Waals surface area contributed by atoms with E-state index in [4.69, 9.17) is 4.74 Å². The number of aryl methyl sites for hydroxylation is 1. The van der Waals surface area contributed by atoms with Gasteiger partial charge in [0, 0.05) is 37.9 Å². The first-order chi connectivity index (χ1) is 13.7. The number of fused-ring (bicyclic) bond motifs is 1. The minimum absolute atomic E-state index is 0.150. The smallest absolute Gasteiger partial charge is 0.258 e. The van der Waals surface area contributed by atoms with E-state index < -0.39 is 0 Å². The topological polar surface area (TPSA) is 100 Å². The average molecular weight is 399 g/mol. The van der Waals surface area contributed by atoms with E-state index in [-0.39, 0.29) is 17.9 Å². The zero-order valence-electron chi connectivity index (χ0n) is 15.3. The Morgan fingerprint density at radius 3 is 2.93 bits per heavy atom. The van der Waals surface area contributed by atoms with Crippen molar-refractivity contribution in [3.05, 3.63) is 51.5 Å². The SMILES string of the molecule is O=C(CCc1nc2ccccc2c(=O)[nH]1)Nc1nc(CN2CCOCC2)cs1. The molecule has 146 valence electrons. The van der Waals surface area contributed by atoms with Gasteiger partial charge in [0.2, 0.25) is 5.91 Å². The van der Waals surface area contributed by atoms with Gasteiger partial charge in [0.1, 0.15) is 5.82 Å². The fourth-order valence-corrected chi connectivity index (χ4v) is 3.81. The fourth-order valence-electron chi connectivity index (χ4n) is 3.09. The van der Waals surface area contributed by atoms with Crippen molar-refractivity contribution in [1.82, 2.24) is 19.9 Å². The third-order valence-corrected chi connectivity index (χ3v) is 5.34. The second kappa shape index (κ2) is 8.59. The van der Waals surface area contributed by atoms with Crippen molar-refractivity contribution in [2.24, 2.45) is 0 Å². The predicted octanol–water partition coefficient (Wildman–Crippen LogP) is 1.78. The predicted molar refractivity (Wildman–Crippen MR) is 108 cm³/mol. The highest BCUT2D eigenvalue weighted by Gasteiger charge is 2.14. The van der Waals surface area contributed by atoms with E-state index in [1.807, 2.05) is 11.4 Å². The Morgan fingerprint density at radius 2 is 2.07 bits per heavy atom. The fraction of sp³-hybridized carbons (Fsp3) is 0.368. The number of carbonyl (C=O) groups is 1. The summed E-state index contributed by atoms with van der Waals surface area (Å²) < 4.78 is 5.35. The summed E-state index contributed by atoms with van der Waals surface area (Å²) in [6, 6.07) is 7.16. The molecule has 3 heterocycles. The summed E-state index contributed by atoms with van der Waals surface area (Å²) in [4.78, 5) is 38.3. The Balaban J connectivity index is 1.32. The number of H-pyrrole nitrogens is 1. The van der Waals surface area contributed by atoms with Crippen LogP contribution in [0.2, 0.25) is 0 Å². The molecule has 0 atom stereocenters. The number of nitrogens with zero attached hydrogens (tertiary/aromatic N) is 3. The molecular formula is C19H21N5O3S. The number of rotatable bonds is 6. The van der Waals surface area contributed by atoms with Gasteiger partial charge in [-0.15, -0.1) is 11.3 Å². The highest BCUT2D eigenvalue weighted by Crippen LogP contribution is 2.17. The van der Waals surface area contributed by atoms with E-state index in [1.165, 1.54) is 11.3 Å². The number of hydrogen-bond acceptors (Lipinski definition) is 7. The number of carbonyl (C=O) groups excluding carboxylic acids is 1. The zero-order chi connectivity index (χ0) is 19.3. The van der Waals surface area contributed by atoms with Crippen LogP contribution in [0.15, 0.2) is 34.4 Å². The number of para-hydroxylation sites is 1. The molecule has 0 saturated carbocycles. The third kappa shape index (κ3) is 4.61. The molecule has 1 saturated heterocycles. The van der Waals surface area contributed by atoms with E-state index in [1.54, 1.807) is 18.2 Å². The number of thiazole rings is 1. The summed E-state index contributed by atoms with van der Waals surface area (Å²) >= 11 is 1.42. The van der Waals surface area contributed by atoms with E-state index in [9.17, 15) is 9.59 Å². The minimum atomic E-state index is -0.186. The van der Waals surface area contributed by atoms with Gasteiger partial charge in [-0.1, -0.05) is 12.1 Å². The number of amides is 1. The zero-order valence-corrected chi connectivity index (χ0v) is 16.1. The number of anilines is 1. The lowest BCUT2D eigenvalue weighted by Gasteiger charge is -2.25. The lowest BCUT2D eigenvalue weighted by atomic mass is 10.2. The first-order valence-corrected chi connectivity index (χ1v) is 10.1. The highest BCUT2D eigenvalue weighted by atomic mass is 32.1. The van der Waals surface area contributed by atoms with Crippen molar-refractivity contribution in [2.45, 2.75) is 19.4 Å². The molecule has 0 bridgehead atoms. The second-order valence-corrected chi connectivity index (χ2v) is 7.47. The van der Waals surface area contributed by atoms with Crippen LogP contribution >= 0.6 is 11.3 Å². The summed E-state index contributed by atoms with van der Waals surface area (Å²) in [5.41, 5.74) is 1.39. The molecule has 1 amide bonds. The van der Waals surface area contributed by atoms with Crippen LogP contribution in [0.1, 0.15) is 17.9 Å². The van der Waals surface area contributed by atoms with Gasteiger partial charge in [-0.2, -0.15) is 0 Å². The monoisotopic (exact) mass is 399 g/mol. The Morgan fingerprint density at radius 1 is 1.25 bits per heavy atom. The Kier molecular flexibility index (Phi) is 5.75. The Labute approximate surface area is 165 Å². The number of morpholine rings is 1. The average Bonchev–Trinajstić information content (AvgIpc) is 3.14. The molecule has 0 aliphatic carbocycles. The Bertz CT molecular complexity index is 1030. The second-order valence-electron chi connectivity index (χ2n) is 6.61. The molecule has 0 radical (unpaired) electrons. The summed E-state index contributed by atoms with van der Waals surface area (Å²) in [7, 11) is 0. The van der Waals surface area contributed by atoms with Crippen molar-refractivity contribution in [1.29, 1.82) is 0 Å². The number of nitrogens with one attached hydrogen (secondary N) is 2. The maximum absolute atomic E-state index is 12.2. The van der Waals surface area contributed by atoms with Crippen molar-refractivity contribution in [2.75, 3.05) is 31.6 Å². The van der Waals surface area contributed by atoms with E-state index in [2.05, 4.69) is 25.2 Å². The number of benzene rings is 1. The van der Waals surface area contributed by atoms with Crippen molar-refractivity contribution in [3.63, 3.8) is 0 Å². The van der Waals surface area contributed by atoms with Gasteiger partial charge < -0.3 is 15.0 Å². The lowest BCUT2D eigenvalue weighted by molar-refractivity contribution is -0.116. The summed E-state index contributed by atoms with van der Waals surface area (Å²) in [5.74, 6) is 0.356. The van der Waals surface area contributed by atoms with Gasteiger partial charge >= 0.3 is 0 Å². The molecule has 1 fully saturated rings. The van der Waals surface area contributed by atoms with Crippen molar-refractivity contribution >= 4 is 33.3 Å². The molecule has 0 unspecified atom stereocenters. The molecule has 28 heavy (non-hydrogen) atoms.